The van der Waals surface area contributed by atoms with Gasteiger partial charge in [-0.2, -0.15) is 0 Å². The van der Waals surface area contributed by atoms with Crippen LogP contribution in [0.5, 0.6) is 0 Å². The minimum absolute atomic E-state index is 0.150. The van der Waals surface area contributed by atoms with Gasteiger partial charge in [-0.15, -0.1) is 11.3 Å². The summed E-state index contributed by atoms with van der Waals surface area (Å²) in [6.07, 6.45) is 0. The first-order valence-corrected chi connectivity index (χ1v) is 23.2. The highest BCUT2D eigenvalue weighted by molar-refractivity contribution is 7.26. The molecule has 63 heavy (non-hydrogen) atoms. The summed E-state index contributed by atoms with van der Waals surface area (Å²) in [5, 5.41) is 2.67. The van der Waals surface area contributed by atoms with Crippen molar-refractivity contribution in [2.24, 2.45) is 0 Å². The second-order valence-electron chi connectivity index (χ2n) is 19.1. The molecule has 0 bridgehead atoms. The molecular weight excluding hydrogens is 779 g/mol. The molecule has 0 amide bonds. The van der Waals surface area contributed by atoms with Gasteiger partial charge in [0.2, 0.25) is 0 Å². The summed E-state index contributed by atoms with van der Waals surface area (Å²) in [6.45, 7) is 9.60. The van der Waals surface area contributed by atoms with E-state index in [0.29, 0.717) is 0 Å². The van der Waals surface area contributed by atoms with Gasteiger partial charge in [-0.1, -0.05) is 179 Å². The molecule has 0 saturated heterocycles. The fourth-order valence-electron chi connectivity index (χ4n) is 12.7. The third-order valence-corrected chi connectivity index (χ3v) is 16.7. The van der Waals surface area contributed by atoms with E-state index in [1.54, 1.807) is 0 Å². The first-order chi connectivity index (χ1) is 30.8. The summed E-state index contributed by atoms with van der Waals surface area (Å²) in [7, 11) is 0. The molecule has 4 aliphatic rings. The smallest absolute Gasteiger partial charge is 0.0726 e. The zero-order chi connectivity index (χ0) is 42.0. The van der Waals surface area contributed by atoms with Crippen LogP contribution < -0.4 is 4.90 Å². The molecule has 10 aromatic rings. The maximum atomic E-state index is 2.63. The van der Waals surface area contributed by atoms with E-state index in [0.717, 1.165) is 0 Å². The van der Waals surface area contributed by atoms with Crippen molar-refractivity contribution in [3.63, 3.8) is 0 Å². The summed E-state index contributed by atoms with van der Waals surface area (Å²) >= 11 is 1.94. The van der Waals surface area contributed by atoms with Crippen LogP contribution in [0.15, 0.2) is 188 Å². The molecule has 0 saturated carbocycles. The summed E-state index contributed by atoms with van der Waals surface area (Å²) in [5.74, 6) is 0. The Bertz CT molecular complexity index is 3500. The Kier molecular flexibility index (Phi) is 6.85. The third kappa shape index (κ3) is 4.33. The number of fused-ring (bicyclic) bond motifs is 20. The Labute approximate surface area is 372 Å². The van der Waals surface area contributed by atoms with Gasteiger partial charge in [0.1, 0.15) is 0 Å². The molecule has 0 atom stereocenters. The number of benzene rings is 9. The molecule has 0 aliphatic heterocycles. The van der Waals surface area contributed by atoms with E-state index in [1.165, 1.54) is 126 Å². The Morgan fingerprint density at radius 1 is 0.365 bits per heavy atom. The second-order valence-corrected chi connectivity index (χ2v) is 20.2. The summed E-state index contributed by atoms with van der Waals surface area (Å²) in [5.41, 5.74) is 24.5. The van der Waals surface area contributed by atoms with Crippen molar-refractivity contribution in [1.29, 1.82) is 0 Å². The highest BCUT2D eigenvalue weighted by atomic mass is 32.1. The molecule has 1 heterocycles. The lowest BCUT2D eigenvalue weighted by Crippen LogP contribution is -2.26. The van der Waals surface area contributed by atoms with Crippen LogP contribution in [0.4, 0.5) is 17.1 Å². The van der Waals surface area contributed by atoms with Gasteiger partial charge in [-0.25, -0.2) is 0 Å². The van der Waals surface area contributed by atoms with Gasteiger partial charge in [-0.05, 0) is 125 Å². The molecule has 1 aromatic heterocycles. The lowest BCUT2D eigenvalue weighted by atomic mass is 9.70. The van der Waals surface area contributed by atoms with Gasteiger partial charge in [-0.3, -0.25) is 0 Å². The molecule has 14 rings (SSSR count). The van der Waals surface area contributed by atoms with Crippen molar-refractivity contribution >= 4 is 48.6 Å². The molecule has 4 aliphatic carbocycles. The first kappa shape index (κ1) is 35.6. The van der Waals surface area contributed by atoms with Crippen molar-refractivity contribution < 1.29 is 0 Å². The van der Waals surface area contributed by atoms with Gasteiger partial charge in [0.25, 0.3) is 0 Å². The number of rotatable bonds is 3. The van der Waals surface area contributed by atoms with Crippen LogP contribution in [-0.2, 0) is 16.2 Å². The summed E-state index contributed by atoms with van der Waals surface area (Å²) < 4.78 is 2.62. The Hall–Kier alpha value is -7.00. The van der Waals surface area contributed by atoms with Gasteiger partial charge in [0, 0.05) is 37.7 Å². The monoisotopic (exact) mass is 821 g/mol. The van der Waals surface area contributed by atoms with Crippen molar-refractivity contribution in [1.82, 2.24) is 0 Å². The summed E-state index contributed by atoms with van der Waals surface area (Å²) in [4.78, 5) is 2.63. The van der Waals surface area contributed by atoms with Gasteiger partial charge in [0.05, 0.1) is 15.8 Å². The van der Waals surface area contributed by atoms with Crippen molar-refractivity contribution in [2.75, 3.05) is 4.90 Å². The van der Waals surface area contributed by atoms with Crippen LogP contribution in [0.1, 0.15) is 72.2 Å². The molecule has 0 radical (unpaired) electrons. The van der Waals surface area contributed by atoms with Crippen molar-refractivity contribution in [3.05, 3.63) is 233 Å². The second kappa shape index (κ2) is 12.1. The molecule has 9 aromatic carbocycles. The highest BCUT2D eigenvalue weighted by Crippen LogP contribution is 2.66. The zero-order valence-corrected chi connectivity index (χ0v) is 36.6. The largest absolute Gasteiger partial charge is 0.309 e. The van der Waals surface area contributed by atoms with Crippen LogP contribution in [0.3, 0.4) is 0 Å². The number of hydrogen-bond donors (Lipinski definition) is 0. The molecule has 0 N–H and O–H groups in total. The van der Waals surface area contributed by atoms with Crippen LogP contribution in [0.25, 0.3) is 64.7 Å². The van der Waals surface area contributed by atoms with Gasteiger partial charge >= 0.3 is 0 Å². The van der Waals surface area contributed by atoms with E-state index in [9.17, 15) is 0 Å². The van der Waals surface area contributed by atoms with Crippen LogP contribution in [-0.4, -0.2) is 0 Å². The average Bonchev–Trinajstić information content (AvgIpc) is 4.06. The van der Waals surface area contributed by atoms with E-state index in [2.05, 4.69) is 221 Å². The molecule has 2 heteroatoms. The lowest BCUT2D eigenvalue weighted by Gasteiger charge is -2.33. The first-order valence-electron chi connectivity index (χ1n) is 22.3. The Morgan fingerprint density at radius 2 is 0.778 bits per heavy atom. The zero-order valence-electron chi connectivity index (χ0n) is 35.8. The predicted molar refractivity (Wildman–Crippen MR) is 265 cm³/mol. The number of thiophene rings is 1. The maximum absolute atomic E-state index is 2.63. The molecule has 0 unspecified atom stereocenters. The van der Waals surface area contributed by atoms with Gasteiger partial charge < -0.3 is 4.90 Å². The van der Waals surface area contributed by atoms with Crippen LogP contribution in [0, 0.1) is 0 Å². The highest BCUT2D eigenvalue weighted by Gasteiger charge is 2.53. The molecule has 298 valence electrons. The molecule has 1 spiro atoms. The van der Waals surface area contributed by atoms with Crippen LogP contribution >= 0.6 is 11.3 Å². The van der Waals surface area contributed by atoms with Crippen LogP contribution in [0.2, 0.25) is 0 Å². The molecule has 1 nitrogen and oxygen atoms in total. The number of nitrogens with zero attached hydrogens (tertiary/aromatic N) is 1. The lowest BCUT2D eigenvalue weighted by molar-refractivity contribution is 0.660. The quantitative estimate of drug-likeness (QED) is 0.172. The Balaban J connectivity index is 1.13. The third-order valence-electron chi connectivity index (χ3n) is 15.5. The topological polar surface area (TPSA) is 3.24 Å². The fourth-order valence-corrected chi connectivity index (χ4v) is 13.9. The SMILES string of the molecule is CC1(C)c2ccccc2-c2ccc(N(c3ccc4c(c3)C(C)(C)c3ccccc3-4)c3cc4c(c5c3sc3ccccc35)-c3ccccc3C43c4ccccc4-c4ccccc43)cc21. The van der Waals surface area contributed by atoms with E-state index in [1.807, 2.05) is 11.3 Å². The fraction of sp³-hybridized carbons (Fsp3) is 0.115. The number of anilines is 3. The average molecular weight is 822 g/mol. The van der Waals surface area contributed by atoms with E-state index in [-0.39, 0.29) is 10.8 Å². The van der Waals surface area contributed by atoms with E-state index >= 15 is 0 Å². The summed E-state index contributed by atoms with van der Waals surface area (Å²) in [6, 6.07) is 72.0. The maximum Gasteiger partial charge on any atom is 0.0726 e. The van der Waals surface area contributed by atoms with Gasteiger partial charge in [0.15, 0.2) is 0 Å². The minimum atomic E-state index is -0.486. The molecule has 0 fully saturated rings. The predicted octanol–water partition coefficient (Wildman–Crippen LogP) is 16.5. The molecular formula is C61H43NS. The van der Waals surface area contributed by atoms with Crippen molar-refractivity contribution in [2.45, 2.75) is 43.9 Å². The Morgan fingerprint density at radius 3 is 1.32 bits per heavy atom. The normalized spacial score (nSPS) is 15.7. The van der Waals surface area contributed by atoms with E-state index in [4.69, 9.17) is 0 Å². The van der Waals surface area contributed by atoms with Crippen molar-refractivity contribution in [3.8, 4) is 44.5 Å². The number of hydrogen-bond acceptors (Lipinski definition) is 2. The standard InChI is InChI=1S/C61H43NS/c1-59(2)46-23-11-5-17-38(46)42-31-29-36(33-51(42)59)62(37-30-32-43-39-18-6-12-24-47(39)60(3,4)52(43)34-37)54-35-53-56(57-45-22-10-16-28-55(45)63-58(54)57)44-21-9-15-27-50(44)61(53)48-25-13-7-19-40(48)41-20-8-14-26-49(41)61/h5-35H,1-4H3. The minimum Gasteiger partial charge on any atom is -0.309 e. The van der Waals surface area contributed by atoms with E-state index < -0.39 is 5.41 Å².